The summed E-state index contributed by atoms with van der Waals surface area (Å²) < 4.78 is 26.8. The molecule has 0 spiro atoms. The number of hydrogen-bond acceptors (Lipinski definition) is 4. The van der Waals surface area contributed by atoms with Gasteiger partial charge >= 0.3 is 0 Å². The quantitative estimate of drug-likeness (QED) is 0.547. The lowest BCUT2D eigenvalue weighted by Gasteiger charge is -2.03. The lowest BCUT2D eigenvalue weighted by molar-refractivity contribution is 0.584. The number of sulfonamides is 1. The maximum Gasteiger partial charge on any atom is 0.276 e. The topological polar surface area (TPSA) is 75.8 Å². The minimum absolute atomic E-state index is 0.170. The predicted octanol–water partition coefficient (Wildman–Crippen LogP) is 2.72. The Morgan fingerprint density at radius 2 is 1.96 bits per heavy atom. The fourth-order valence-corrected chi connectivity index (χ4v) is 3.13. The summed E-state index contributed by atoms with van der Waals surface area (Å²) in [5.74, 6) is 0. The third kappa shape index (κ3) is 3.43. The van der Waals surface area contributed by atoms with Crippen molar-refractivity contribution < 1.29 is 8.42 Å². The van der Waals surface area contributed by atoms with Gasteiger partial charge in [0, 0.05) is 16.2 Å². The molecule has 0 fully saturated rings. The first kappa shape index (κ1) is 15.7. The summed E-state index contributed by atoms with van der Waals surface area (Å²) >= 11 is 3.37. The SMILES string of the molecule is Cc1ccc(S(=O)(=O)NN=Cc2cnn3cc(Br)ccc23)cc1. The fourth-order valence-electron chi connectivity index (χ4n) is 2.01. The molecule has 3 rings (SSSR count). The first-order chi connectivity index (χ1) is 11.0. The van der Waals surface area contributed by atoms with Crippen LogP contribution in [0.2, 0.25) is 0 Å². The van der Waals surface area contributed by atoms with Crippen molar-refractivity contribution >= 4 is 37.7 Å². The van der Waals surface area contributed by atoms with Crippen LogP contribution in [-0.4, -0.2) is 24.2 Å². The maximum absolute atomic E-state index is 12.1. The Labute approximate surface area is 142 Å². The molecule has 23 heavy (non-hydrogen) atoms. The number of nitrogens with one attached hydrogen (secondary N) is 1. The van der Waals surface area contributed by atoms with Crippen LogP contribution in [0.25, 0.3) is 5.52 Å². The molecule has 0 amide bonds. The Hall–Kier alpha value is -2.19. The number of hydrogen-bond donors (Lipinski definition) is 1. The first-order valence-corrected chi connectivity index (χ1v) is 8.98. The van der Waals surface area contributed by atoms with Crippen molar-refractivity contribution in [3.05, 3.63) is 64.4 Å². The van der Waals surface area contributed by atoms with Gasteiger partial charge in [0.1, 0.15) is 0 Å². The predicted molar refractivity (Wildman–Crippen MR) is 92.0 cm³/mol. The number of halogens is 1. The highest BCUT2D eigenvalue weighted by atomic mass is 79.9. The minimum atomic E-state index is -3.67. The average Bonchev–Trinajstić information content (AvgIpc) is 2.90. The molecule has 118 valence electrons. The molecule has 8 heteroatoms. The van der Waals surface area contributed by atoms with Crippen LogP contribution in [0.3, 0.4) is 0 Å². The van der Waals surface area contributed by atoms with E-state index in [2.05, 4.69) is 31.0 Å². The van der Waals surface area contributed by atoms with Gasteiger partial charge in [-0.2, -0.15) is 18.6 Å². The highest BCUT2D eigenvalue weighted by Gasteiger charge is 2.12. The third-order valence-corrected chi connectivity index (χ3v) is 4.93. The molecule has 0 radical (unpaired) electrons. The summed E-state index contributed by atoms with van der Waals surface area (Å²) in [6.45, 7) is 1.89. The van der Waals surface area contributed by atoms with Gasteiger partial charge in [-0.05, 0) is 47.1 Å². The molecule has 1 N–H and O–H groups in total. The van der Waals surface area contributed by atoms with E-state index in [9.17, 15) is 8.42 Å². The second-order valence-corrected chi connectivity index (χ2v) is 7.52. The molecule has 0 aliphatic carbocycles. The van der Waals surface area contributed by atoms with Crippen molar-refractivity contribution in [2.45, 2.75) is 11.8 Å². The lowest BCUT2D eigenvalue weighted by atomic mass is 10.2. The van der Waals surface area contributed by atoms with Crippen LogP contribution in [0.5, 0.6) is 0 Å². The molecule has 2 heterocycles. The molecule has 0 saturated heterocycles. The van der Waals surface area contributed by atoms with Crippen LogP contribution < -0.4 is 4.83 Å². The monoisotopic (exact) mass is 392 g/mol. The van der Waals surface area contributed by atoms with E-state index in [1.165, 1.54) is 6.21 Å². The Balaban J connectivity index is 1.81. The Morgan fingerprint density at radius 3 is 2.70 bits per heavy atom. The van der Waals surface area contributed by atoms with Gasteiger partial charge < -0.3 is 0 Å². The third-order valence-electron chi connectivity index (χ3n) is 3.22. The number of fused-ring (bicyclic) bond motifs is 1. The van der Waals surface area contributed by atoms with Crippen molar-refractivity contribution in [2.24, 2.45) is 5.10 Å². The van der Waals surface area contributed by atoms with E-state index in [-0.39, 0.29) is 4.90 Å². The summed E-state index contributed by atoms with van der Waals surface area (Å²) in [4.78, 5) is 2.37. The number of hydrazone groups is 1. The fraction of sp³-hybridized carbons (Fsp3) is 0.0667. The second-order valence-electron chi connectivity index (χ2n) is 4.94. The number of aromatic nitrogens is 2. The molecule has 2 aromatic heterocycles. The van der Waals surface area contributed by atoms with E-state index >= 15 is 0 Å². The highest BCUT2D eigenvalue weighted by Crippen LogP contribution is 2.14. The van der Waals surface area contributed by atoms with Gasteiger partial charge in [-0.15, -0.1) is 0 Å². The molecule has 1 aromatic carbocycles. The first-order valence-electron chi connectivity index (χ1n) is 6.70. The smallest absolute Gasteiger partial charge is 0.239 e. The van der Waals surface area contributed by atoms with Crippen LogP contribution >= 0.6 is 15.9 Å². The van der Waals surface area contributed by atoms with Crippen LogP contribution in [-0.2, 0) is 10.0 Å². The maximum atomic E-state index is 12.1. The Morgan fingerprint density at radius 1 is 1.22 bits per heavy atom. The van der Waals surface area contributed by atoms with Gasteiger partial charge in [-0.1, -0.05) is 17.7 Å². The number of rotatable bonds is 4. The van der Waals surface area contributed by atoms with Crippen LogP contribution in [0.15, 0.2) is 63.3 Å². The average molecular weight is 393 g/mol. The normalized spacial score (nSPS) is 12.1. The number of pyridine rings is 1. The van der Waals surface area contributed by atoms with Gasteiger partial charge in [0.15, 0.2) is 0 Å². The number of nitrogens with zero attached hydrogens (tertiary/aromatic N) is 3. The number of aryl methyl sites for hydroxylation is 1. The Bertz CT molecular complexity index is 978. The van der Waals surface area contributed by atoms with Gasteiger partial charge in [0.05, 0.1) is 22.8 Å². The summed E-state index contributed by atoms with van der Waals surface area (Å²) in [5, 5.41) is 8.01. The van der Waals surface area contributed by atoms with E-state index in [4.69, 9.17) is 0 Å². The molecule has 0 unspecified atom stereocenters. The highest BCUT2D eigenvalue weighted by molar-refractivity contribution is 9.10. The van der Waals surface area contributed by atoms with E-state index < -0.39 is 10.0 Å². The molecular weight excluding hydrogens is 380 g/mol. The molecular formula is C15H13BrN4O2S. The van der Waals surface area contributed by atoms with Crippen molar-refractivity contribution in [3.8, 4) is 0 Å². The van der Waals surface area contributed by atoms with E-state index in [0.717, 1.165) is 15.6 Å². The molecule has 3 aromatic rings. The van der Waals surface area contributed by atoms with Gasteiger partial charge in [0.25, 0.3) is 10.0 Å². The number of benzene rings is 1. The van der Waals surface area contributed by atoms with Gasteiger partial charge in [0.2, 0.25) is 0 Å². The van der Waals surface area contributed by atoms with E-state index in [0.29, 0.717) is 5.56 Å². The summed E-state index contributed by atoms with van der Waals surface area (Å²) in [5.41, 5.74) is 2.53. The van der Waals surface area contributed by atoms with Gasteiger partial charge in [-0.3, -0.25) is 0 Å². The molecule has 0 saturated carbocycles. The molecule has 6 nitrogen and oxygen atoms in total. The minimum Gasteiger partial charge on any atom is -0.239 e. The second kappa shape index (κ2) is 6.13. The largest absolute Gasteiger partial charge is 0.276 e. The molecule has 0 aliphatic rings. The zero-order valence-corrected chi connectivity index (χ0v) is 14.5. The molecule has 0 bridgehead atoms. The van der Waals surface area contributed by atoms with Crippen LogP contribution in [0.4, 0.5) is 0 Å². The summed E-state index contributed by atoms with van der Waals surface area (Å²) in [7, 11) is -3.67. The van der Waals surface area contributed by atoms with Crippen LogP contribution in [0.1, 0.15) is 11.1 Å². The van der Waals surface area contributed by atoms with E-state index in [1.54, 1.807) is 35.0 Å². The molecule has 0 atom stereocenters. The zero-order valence-electron chi connectivity index (χ0n) is 12.1. The van der Waals surface area contributed by atoms with Crippen LogP contribution in [0, 0.1) is 6.92 Å². The standard InChI is InChI=1S/C15H13BrN4O2S/c1-11-2-5-14(6-3-11)23(21,22)19-17-8-12-9-18-20-10-13(16)4-7-15(12)20/h2-10,19H,1H3. The van der Waals surface area contributed by atoms with Crippen molar-refractivity contribution in [2.75, 3.05) is 0 Å². The van der Waals surface area contributed by atoms with Crippen molar-refractivity contribution in [1.82, 2.24) is 14.4 Å². The zero-order chi connectivity index (χ0) is 16.4. The van der Waals surface area contributed by atoms with Gasteiger partial charge in [-0.25, -0.2) is 9.35 Å². The van der Waals surface area contributed by atoms with E-state index in [1.807, 2.05) is 25.3 Å². The molecule has 0 aliphatic heterocycles. The lowest BCUT2D eigenvalue weighted by Crippen LogP contribution is -2.18. The summed E-state index contributed by atoms with van der Waals surface area (Å²) in [6.07, 6.45) is 4.86. The Kier molecular flexibility index (Phi) is 4.18. The summed E-state index contributed by atoms with van der Waals surface area (Å²) in [6, 6.07) is 10.3. The van der Waals surface area contributed by atoms with Crippen molar-refractivity contribution in [1.29, 1.82) is 0 Å². The van der Waals surface area contributed by atoms with Crippen molar-refractivity contribution in [3.63, 3.8) is 0 Å².